The molecule has 1 amide bonds. The molecule has 0 saturated carbocycles. The average Bonchev–Trinajstić information content (AvgIpc) is 2.06. The molecule has 74 valence electrons. The van der Waals surface area contributed by atoms with E-state index in [9.17, 15) is 9.59 Å². The Bertz CT molecular complexity index is 224. The van der Waals surface area contributed by atoms with Crippen LogP contribution in [-0.4, -0.2) is 55.3 Å². The molecule has 1 aliphatic rings. The maximum absolute atomic E-state index is 11.2. The van der Waals surface area contributed by atoms with Crippen LogP contribution in [0.1, 0.15) is 0 Å². The standard InChI is InChI=1S/C6H10N2O3Se2/c7-3-1-12-13-2-4(6(10)11)8-5(3)9/h3-4H,1-2,7H2,(H,8,9)(H,10,11)/t3-,4-/m0/s1. The molecule has 0 aliphatic carbocycles. The molecular weight excluding hydrogens is 306 g/mol. The molecule has 0 aromatic carbocycles. The summed E-state index contributed by atoms with van der Waals surface area (Å²) in [6.45, 7) is 0. The molecule has 0 unspecified atom stereocenters. The van der Waals surface area contributed by atoms with Crippen LogP contribution < -0.4 is 11.1 Å². The van der Waals surface area contributed by atoms with Gasteiger partial charge < -0.3 is 0 Å². The molecule has 2 atom stereocenters. The number of hydrogen-bond donors (Lipinski definition) is 3. The van der Waals surface area contributed by atoms with Crippen molar-refractivity contribution >= 4 is 38.1 Å². The number of carboxylic acids is 1. The van der Waals surface area contributed by atoms with E-state index in [1.54, 1.807) is 0 Å². The average molecular weight is 316 g/mol. The number of carbonyl (C=O) groups excluding carboxylic acids is 1. The molecule has 1 fully saturated rings. The van der Waals surface area contributed by atoms with Gasteiger partial charge in [0.2, 0.25) is 0 Å². The Morgan fingerprint density at radius 3 is 2.77 bits per heavy atom. The van der Waals surface area contributed by atoms with Crippen LogP contribution in [0.3, 0.4) is 0 Å². The van der Waals surface area contributed by atoms with Crippen LogP contribution in [0.5, 0.6) is 0 Å². The summed E-state index contributed by atoms with van der Waals surface area (Å²) in [6, 6.07) is -1.23. The van der Waals surface area contributed by atoms with E-state index in [1.807, 2.05) is 0 Å². The summed E-state index contributed by atoms with van der Waals surface area (Å²) in [5.41, 5.74) is 5.53. The Labute approximate surface area is 86.7 Å². The first-order valence-corrected chi connectivity index (χ1v) is 10.4. The number of hydrogen-bond acceptors (Lipinski definition) is 3. The van der Waals surface area contributed by atoms with Gasteiger partial charge in [-0.05, 0) is 0 Å². The Hall–Kier alpha value is -0.0610. The predicted octanol–water partition coefficient (Wildman–Crippen LogP) is -1.94. The van der Waals surface area contributed by atoms with Gasteiger partial charge in [-0.25, -0.2) is 0 Å². The predicted molar refractivity (Wildman–Crippen MR) is 48.7 cm³/mol. The first-order valence-electron chi connectivity index (χ1n) is 3.64. The molecule has 4 N–H and O–H groups in total. The van der Waals surface area contributed by atoms with Gasteiger partial charge in [-0.15, -0.1) is 0 Å². The molecule has 1 aliphatic heterocycles. The Kier molecular flexibility index (Phi) is 4.22. The van der Waals surface area contributed by atoms with Crippen molar-refractivity contribution in [2.75, 3.05) is 0 Å². The van der Waals surface area contributed by atoms with Crippen molar-refractivity contribution in [2.24, 2.45) is 5.73 Å². The number of aliphatic carboxylic acids is 1. The Morgan fingerprint density at radius 2 is 2.15 bits per heavy atom. The minimum atomic E-state index is -0.958. The maximum atomic E-state index is 11.2. The van der Waals surface area contributed by atoms with Crippen molar-refractivity contribution in [3.8, 4) is 0 Å². The van der Waals surface area contributed by atoms with Gasteiger partial charge in [0.25, 0.3) is 0 Å². The van der Waals surface area contributed by atoms with Gasteiger partial charge in [0, 0.05) is 0 Å². The molecule has 0 radical (unpaired) electrons. The number of carboxylic acid groups (broad SMARTS) is 1. The molecular formula is C6H10N2O3Se2. The minimum absolute atomic E-state index is 0.329. The topological polar surface area (TPSA) is 92.4 Å². The van der Waals surface area contributed by atoms with Crippen molar-refractivity contribution in [3.05, 3.63) is 0 Å². The van der Waals surface area contributed by atoms with Crippen LogP contribution in [0.25, 0.3) is 0 Å². The van der Waals surface area contributed by atoms with Crippen LogP contribution in [0.4, 0.5) is 0 Å². The summed E-state index contributed by atoms with van der Waals surface area (Å²) in [7, 11) is 0. The van der Waals surface area contributed by atoms with E-state index < -0.39 is 18.1 Å². The quantitative estimate of drug-likeness (QED) is 0.491. The normalized spacial score (nSPS) is 30.1. The number of nitrogens with two attached hydrogens (primary N) is 1. The fraction of sp³-hybridized carbons (Fsp3) is 0.667. The first kappa shape index (κ1) is 11.0. The van der Waals surface area contributed by atoms with Gasteiger partial charge in [0.15, 0.2) is 0 Å². The third-order valence-corrected chi connectivity index (χ3v) is 8.67. The van der Waals surface area contributed by atoms with Crippen molar-refractivity contribution in [1.82, 2.24) is 5.32 Å². The molecule has 13 heavy (non-hydrogen) atoms. The van der Waals surface area contributed by atoms with Gasteiger partial charge >= 0.3 is 86.6 Å². The summed E-state index contributed by atoms with van der Waals surface area (Å²) in [5.74, 6) is -1.29. The zero-order chi connectivity index (χ0) is 9.84. The second-order valence-electron chi connectivity index (χ2n) is 2.57. The summed E-state index contributed by atoms with van der Waals surface area (Å²) >= 11 is 0.694. The van der Waals surface area contributed by atoms with Crippen LogP contribution in [-0.2, 0) is 9.59 Å². The zero-order valence-electron chi connectivity index (χ0n) is 6.73. The molecule has 1 saturated heterocycles. The zero-order valence-corrected chi connectivity index (χ0v) is 10.2. The summed E-state index contributed by atoms with van der Waals surface area (Å²) < 4.78 is 0. The van der Waals surface area contributed by atoms with Gasteiger partial charge in [-0.1, -0.05) is 0 Å². The molecule has 1 rings (SSSR count). The molecule has 1 heterocycles. The summed E-state index contributed by atoms with van der Waals surface area (Å²) in [5, 5.41) is 12.5. The Morgan fingerprint density at radius 1 is 1.54 bits per heavy atom. The summed E-state index contributed by atoms with van der Waals surface area (Å²) in [6.07, 6.45) is 0. The van der Waals surface area contributed by atoms with Crippen molar-refractivity contribution < 1.29 is 14.7 Å². The van der Waals surface area contributed by atoms with Gasteiger partial charge in [-0.3, -0.25) is 0 Å². The Balaban J connectivity index is 2.58. The van der Waals surface area contributed by atoms with E-state index in [4.69, 9.17) is 10.8 Å². The van der Waals surface area contributed by atoms with Crippen molar-refractivity contribution in [3.63, 3.8) is 0 Å². The molecule has 0 aromatic heterocycles. The van der Waals surface area contributed by atoms with Crippen molar-refractivity contribution in [2.45, 2.75) is 22.7 Å². The fourth-order valence-electron chi connectivity index (χ4n) is 0.767. The van der Waals surface area contributed by atoms with E-state index in [2.05, 4.69) is 5.32 Å². The molecule has 0 aromatic rings. The number of nitrogens with one attached hydrogen (secondary N) is 1. The fourth-order valence-corrected chi connectivity index (χ4v) is 7.74. The van der Waals surface area contributed by atoms with Crippen LogP contribution in [0.15, 0.2) is 0 Å². The van der Waals surface area contributed by atoms with E-state index >= 15 is 0 Å². The van der Waals surface area contributed by atoms with Crippen LogP contribution >= 0.6 is 0 Å². The second kappa shape index (κ2) is 4.98. The van der Waals surface area contributed by atoms with E-state index in [-0.39, 0.29) is 5.91 Å². The summed E-state index contributed by atoms with van der Waals surface area (Å²) in [4.78, 5) is 21.8. The monoisotopic (exact) mass is 318 g/mol. The van der Waals surface area contributed by atoms with Crippen LogP contribution in [0, 0.1) is 0 Å². The SMILES string of the molecule is N[C@H]1C[Se][Se]C[C@@H](C(=O)O)NC1=O. The van der Waals surface area contributed by atoms with E-state index in [1.165, 1.54) is 0 Å². The molecule has 0 bridgehead atoms. The molecule has 7 heteroatoms. The van der Waals surface area contributed by atoms with Crippen LogP contribution in [0.2, 0.25) is 10.6 Å². The van der Waals surface area contributed by atoms with E-state index in [0.29, 0.717) is 31.6 Å². The van der Waals surface area contributed by atoms with Gasteiger partial charge in [0.05, 0.1) is 0 Å². The van der Waals surface area contributed by atoms with E-state index in [0.717, 1.165) is 5.32 Å². The number of rotatable bonds is 1. The molecule has 5 nitrogen and oxygen atoms in total. The third-order valence-electron chi connectivity index (χ3n) is 1.52. The number of amides is 1. The van der Waals surface area contributed by atoms with Crippen molar-refractivity contribution in [1.29, 1.82) is 0 Å². The third kappa shape index (κ3) is 3.29. The molecule has 0 spiro atoms. The van der Waals surface area contributed by atoms with Gasteiger partial charge in [-0.2, -0.15) is 0 Å². The number of carbonyl (C=O) groups is 2. The van der Waals surface area contributed by atoms with Gasteiger partial charge in [0.1, 0.15) is 0 Å². The second-order valence-corrected chi connectivity index (χ2v) is 10.1. The first-order chi connectivity index (χ1) is 6.11.